The third kappa shape index (κ3) is 4.62. The van der Waals surface area contributed by atoms with E-state index in [1.54, 1.807) is 42.6 Å². The molecule has 0 atom stereocenters. The largest absolute Gasteiger partial charge is 0.465 e. The van der Waals surface area contributed by atoms with Crippen molar-refractivity contribution in [1.29, 1.82) is 0 Å². The molecule has 0 aliphatic heterocycles. The number of rotatable bonds is 6. The summed E-state index contributed by atoms with van der Waals surface area (Å²) in [6.45, 7) is 0.623. The molecule has 2 aromatic carbocycles. The Morgan fingerprint density at radius 1 is 1.04 bits per heavy atom. The zero-order chi connectivity index (χ0) is 19.4. The van der Waals surface area contributed by atoms with Gasteiger partial charge in [0.2, 0.25) is 0 Å². The quantitative estimate of drug-likeness (QED) is 0.611. The van der Waals surface area contributed by atoms with E-state index in [1.165, 1.54) is 13.4 Å². The van der Waals surface area contributed by atoms with Crippen LogP contribution < -0.4 is 0 Å². The molecule has 3 rings (SSSR count). The highest BCUT2D eigenvalue weighted by molar-refractivity contribution is 7.90. The van der Waals surface area contributed by atoms with Crippen LogP contribution in [0.25, 0.3) is 0 Å². The summed E-state index contributed by atoms with van der Waals surface area (Å²) in [6.07, 6.45) is 5.43. The highest BCUT2D eigenvalue weighted by Crippen LogP contribution is 2.15. The summed E-state index contributed by atoms with van der Waals surface area (Å²) < 4.78 is 29.8. The first-order valence-corrected chi connectivity index (χ1v) is 10.2. The molecule has 0 amide bonds. The molecule has 0 aliphatic rings. The molecular formula is C20H20N2O4S. The molecule has 0 N–H and O–H groups in total. The minimum absolute atomic E-state index is 0.306. The van der Waals surface area contributed by atoms with Gasteiger partial charge in [0.25, 0.3) is 0 Å². The molecule has 1 aromatic heterocycles. The van der Waals surface area contributed by atoms with Gasteiger partial charge in [-0.1, -0.05) is 24.3 Å². The minimum Gasteiger partial charge on any atom is -0.465 e. The Morgan fingerprint density at radius 2 is 1.67 bits per heavy atom. The Hall–Kier alpha value is -2.93. The molecule has 0 radical (unpaired) electrons. The normalized spacial score (nSPS) is 11.3. The van der Waals surface area contributed by atoms with Crippen LogP contribution in [0.4, 0.5) is 0 Å². The van der Waals surface area contributed by atoms with Gasteiger partial charge in [-0.25, -0.2) is 18.2 Å². The third-order valence-electron chi connectivity index (χ3n) is 4.24. The molecule has 3 aromatic rings. The molecule has 0 unspecified atom stereocenters. The molecule has 7 heteroatoms. The van der Waals surface area contributed by atoms with Gasteiger partial charge in [-0.2, -0.15) is 0 Å². The van der Waals surface area contributed by atoms with Crippen molar-refractivity contribution in [2.24, 2.45) is 0 Å². The average molecular weight is 384 g/mol. The SMILES string of the molecule is COC(=O)c1ccc(Cn2ccnc2Cc2ccc(S(C)(=O)=O)cc2)cc1. The maximum absolute atomic E-state index is 11.6. The van der Waals surface area contributed by atoms with Gasteiger partial charge in [-0.15, -0.1) is 0 Å². The molecule has 0 bridgehead atoms. The summed E-state index contributed by atoms with van der Waals surface area (Å²) in [5.74, 6) is 0.515. The maximum Gasteiger partial charge on any atom is 0.337 e. The number of sulfone groups is 1. The fraction of sp³-hybridized carbons (Fsp3) is 0.200. The van der Waals surface area contributed by atoms with Crippen molar-refractivity contribution < 1.29 is 17.9 Å². The van der Waals surface area contributed by atoms with Crippen molar-refractivity contribution in [3.63, 3.8) is 0 Å². The van der Waals surface area contributed by atoms with Crippen LogP contribution in [0.1, 0.15) is 27.3 Å². The summed E-state index contributed by atoms with van der Waals surface area (Å²) in [5.41, 5.74) is 2.53. The van der Waals surface area contributed by atoms with Crippen molar-refractivity contribution >= 4 is 15.8 Å². The van der Waals surface area contributed by atoms with Crippen LogP contribution in [0.5, 0.6) is 0 Å². The van der Waals surface area contributed by atoms with Crippen molar-refractivity contribution in [3.05, 3.63) is 83.4 Å². The van der Waals surface area contributed by atoms with Crippen molar-refractivity contribution in [2.75, 3.05) is 13.4 Å². The number of hydrogen-bond acceptors (Lipinski definition) is 5. The lowest BCUT2D eigenvalue weighted by Gasteiger charge is -2.09. The van der Waals surface area contributed by atoms with Crippen molar-refractivity contribution in [2.45, 2.75) is 17.9 Å². The van der Waals surface area contributed by atoms with Gasteiger partial charge in [0.1, 0.15) is 5.82 Å². The van der Waals surface area contributed by atoms with Crippen LogP contribution in [0.2, 0.25) is 0 Å². The first-order valence-electron chi connectivity index (χ1n) is 8.33. The fourth-order valence-electron chi connectivity index (χ4n) is 2.75. The summed E-state index contributed by atoms with van der Waals surface area (Å²) in [7, 11) is -1.84. The molecular weight excluding hydrogens is 364 g/mol. The summed E-state index contributed by atoms with van der Waals surface area (Å²) >= 11 is 0. The lowest BCUT2D eigenvalue weighted by atomic mass is 10.1. The Labute approximate surface area is 158 Å². The van der Waals surface area contributed by atoms with E-state index in [9.17, 15) is 13.2 Å². The number of hydrogen-bond donors (Lipinski definition) is 0. The fourth-order valence-corrected chi connectivity index (χ4v) is 3.38. The smallest absolute Gasteiger partial charge is 0.337 e. The van der Waals surface area contributed by atoms with E-state index in [4.69, 9.17) is 4.74 Å². The number of benzene rings is 2. The average Bonchev–Trinajstić information content (AvgIpc) is 3.08. The zero-order valence-electron chi connectivity index (χ0n) is 15.1. The monoisotopic (exact) mass is 384 g/mol. The second kappa shape index (κ2) is 7.75. The molecule has 0 aliphatic carbocycles. The maximum atomic E-state index is 11.6. The minimum atomic E-state index is -3.20. The Kier molecular flexibility index (Phi) is 5.41. The molecule has 27 heavy (non-hydrogen) atoms. The predicted octanol–water partition coefficient (Wildman–Crippen LogP) is 2.71. The number of carbonyl (C=O) groups excluding carboxylic acids is 1. The van der Waals surface area contributed by atoms with Crippen LogP contribution >= 0.6 is 0 Å². The van der Waals surface area contributed by atoms with E-state index in [1.807, 2.05) is 22.9 Å². The van der Waals surface area contributed by atoms with Gasteiger partial charge < -0.3 is 9.30 Å². The molecule has 0 spiro atoms. The van der Waals surface area contributed by atoms with E-state index >= 15 is 0 Å². The van der Waals surface area contributed by atoms with Crippen molar-refractivity contribution in [3.8, 4) is 0 Å². The van der Waals surface area contributed by atoms with Crippen molar-refractivity contribution in [1.82, 2.24) is 9.55 Å². The van der Waals surface area contributed by atoms with E-state index < -0.39 is 9.84 Å². The summed E-state index contributed by atoms with van der Waals surface area (Å²) in [6, 6.07) is 14.1. The highest BCUT2D eigenvalue weighted by Gasteiger charge is 2.09. The zero-order valence-corrected chi connectivity index (χ0v) is 15.9. The third-order valence-corrected chi connectivity index (χ3v) is 5.37. The first kappa shape index (κ1) is 18.8. The van der Waals surface area contributed by atoms with Crippen LogP contribution in [0, 0.1) is 0 Å². The second-order valence-corrected chi connectivity index (χ2v) is 8.27. The standard InChI is InChI=1S/C20H20N2O4S/c1-26-20(23)17-7-3-16(4-8-17)14-22-12-11-21-19(22)13-15-5-9-18(10-6-15)27(2,24)25/h3-12H,13-14H2,1-2H3. The van der Waals surface area contributed by atoms with Gasteiger partial charge in [-0.05, 0) is 35.4 Å². The number of ether oxygens (including phenoxy) is 1. The number of aromatic nitrogens is 2. The molecule has 0 saturated heterocycles. The van der Waals surface area contributed by atoms with Crippen LogP contribution in [0.3, 0.4) is 0 Å². The van der Waals surface area contributed by atoms with Crippen LogP contribution in [0.15, 0.2) is 65.8 Å². The topological polar surface area (TPSA) is 78.3 Å². The molecule has 6 nitrogen and oxygen atoms in total. The Bertz CT molecular complexity index is 1040. The number of methoxy groups -OCH3 is 1. The number of nitrogens with zero attached hydrogens (tertiary/aromatic N) is 2. The lowest BCUT2D eigenvalue weighted by Crippen LogP contribution is -2.06. The van der Waals surface area contributed by atoms with Gasteiger partial charge in [-0.3, -0.25) is 0 Å². The first-order chi connectivity index (χ1) is 12.9. The van der Waals surface area contributed by atoms with Crippen LogP contribution in [-0.4, -0.2) is 37.3 Å². The van der Waals surface area contributed by atoms with Crippen LogP contribution in [-0.2, 0) is 27.5 Å². The summed E-state index contributed by atoms with van der Waals surface area (Å²) in [4.78, 5) is 16.2. The molecule has 1 heterocycles. The van der Waals surface area contributed by atoms with Gasteiger partial charge in [0.15, 0.2) is 9.84 Å². The molecule has 0 saturated carbocycles. The summed E-state index contributed by atoms with van der Waals surface area (Å²) in [5, 5.41) is 0. The van der Waals surface area contributed by atoms with Gasteiger partial charge in [0.05, 0.1) is 17.6 Å². The lowest BCUT2D eigenvalue weighted by molar-refractivity contribution is 0.0600. The van der Waals surface area contributed by atoms with Gasteiger partial charge in [0, 0.05) is 31.6 Å². The Morgan fingerprint density at radius 3 is 2.26 bits per heavy atom. The number of esters is 1. The molecule has 140 valence electrons. The Balaban J connectivity index is 1.73. The van der Waals surface area contributed by atoms with E-state index in [2.05, 4.69) is 4.98 Å². The van der Waals surface area contributed by atoms with E-state index in [0.29, 0.717) is 23.4 Å². The molecule has 0 fully saturated rings. The number of carbonyl (C=O) groups is 1. The predicted molar refractivity (Wildman–Crippen MR) is 101 cm³/mol. The van der Waals surface area contributed by atoms with E-state index in [-0.39, 0.29) is 5.97 Å². The number of imidazole rings is 1. The second-order valence-electron chi connectivity index (χ2n) is 6.25. The van der Waals surface area contributed by atoms with E-state index in [0.717, 1.165) is 17.0 Å². The highest BCUT2D eigenvalue weighted by atomic mass is 32.2. The van der Waals surface area contributed by atoms with Gasteiger partial charge >= 0.3 is 5.97 Å².